The third kappa shape index (κ3) is 1.91. The van der Waals surface area contributed by atoms with Crippen LogP contribution < -0.4 is 5.73 Å². The number of nitrogens with zero attached hydrogens (tertiary/aromatic N) is 2. The summed E-state index contributed by atoms with van der Waals surface area (Å²) < 4.78 is 1.84. The maximum atomic E-state index is 9.16. The minimum Gasteiger partial charge on any atom is -0.384 e. The van der Waals surface area contributed by atoms with E-state index in [1.807, 2.05) is 53.9 Å². The van der Waals surface area contributed by atoms with Gasteiger partial charge in [-0.05, 0) is 42.3 Å². The van der Waals surface area contributed by atoms with Crippen LogP contribution in [0.4, 0.5) is 5.82 Å². The van der Waals surface area contributed by atoms with Gasteiger partial charge in [0.15, 0.2) is 0 Å². The summed E-state index contributed by atoms with van der Waals surface area (Å²) in [4.78, 5) is 0. The second kappa shape index (κ2) is 4.59. The van der Waals surface area contributed by atoms with Crippen molar-refractivity contribution >= 4 is 22.9 Å². The summed E-state index contributed by atoms with van der Waals surface area (Å²) in [5.41, 5.74) is 10.6. The maximum Gasteiger partial charge on any atom is 0.126 e. The van der Waals surface area contributed by atoms with Crippen LogP contribution in [0.2, 0.25) is 5.02 Å². The summed E-state index contributed by atoms with van der Waals surface area (Å²) >= 11 is 5.90. The van der Waals surface area contributed by atoms with Crippen molar-refractivity contribution in [1.82, 2.24) is 4.40 Å². The van der Waals surface area contributed by atoms with Crippen LogP contribution in [0.15, 0.2) is 42.6 Å². The van der Waals surface area contributed by atoms with Crippen LogP contribution in [-0.2, 0) is 0 Å². The summed E-state index contributed by atoms with van der Waals surface area (Å²) in [5.74, 6) is 0.475. The monoisotopic (exact) mass is 281 g/mol. The molecule has 0 saturated heterocycles. The van der Waals surface area contributed by atoms with Gasteiger partial charge in [-0.25, -0.2) is 0 Å². The predicted molar refractivity (Wildman–Crippen MR) is 81.7 cm³/mol. The van der Waals surface area contributed by atoms with Crippen molar-refractivity contribution < 1.29 is 0 Å². The van der Waals surface area contributed by atoms with E-state index in [1.54, 1.807) is 0 Å². The third-order valence-electron chi connectivity index (χ3n) is 3.41. The molecule has 98 valence electrons. The Balaban J connectivity index is 2.23. The number of hydrogen-bond acceptors (Lipinski definition) is 2. The lowest BCUT2D eigenvalue weighted by molar-refractivity contribution is 1.18. The molecule has 20 heavy (non-hydrogen) atoms. The minimum atomic E-state index is 0.475. The first kappa shape index (κ1) is 12.6. The average molecular weight is 282 g/mol. The van der Waals surface area contributed by atoms with E-state index in [4.69, 9.17) is 22.6 Å². The number of aromatic nitrogens is 1. The molecule has 2 heterocycles. The van der Waals surface area contributed by atoms with Crippen LogP contribution in [-0.4, -0.2) is 4.40 Å². The van der Waals surface area contributed by atoms with E-state index in [2.05, 4.69) is 6.07 Å². The van der Waals surface area contributed by atoms with Gasteiger partial charge in [-0.3, -0.25) is 0 Å². The van der Waals surface area contributed by atoms with Crippen molar-refractivity contribution in [3.8, 4) is 17.2 Å². The first-order chi connectivity index (χ1) is 9.60. The highest BCUT2D eigenvalue weighted by molar-refractivity contribution is 6.30. The van der Waals surface area contributed by atoms with Crippen LogP contribution in [0.3, 0.4) is 0 Å². The fraction of sp³-hybridized carbons (Fsp3) is 0.0625. The number of benzene rings is 1. The van der Waals surface area contributed by atoms with Gasteiger partial charge in [-0.15, -0.1) is 0 Å². The van der Waals surface area contributed by atoms with E-state index in [0.29, 0.717) is 16.4 Å². The van der Waals surface area contributed by atoms with Crippen molar-refractivity contribution in [3.05, 3.63) is 58.7 Å². The number of anilines is 1. The Morgan fingerprint density at radius 3 is 2.50 bits per heavy atom. The molecule has 0 amide bonds. The molecule has 0 bridgehead atoms. The first-order valence-corrected chi connectivity index (χ1v) is 6.55. The zero-order chi connectivity index (χ0) is 14.3. The number of nitrogens with two attached hydrogens (primary N) is 1. The van der Waals surface area contributed by atoms with Gasteiger partial charge in [0.1, 0.15) is 11.9 Å². The summed E-state index contributed by atoms with van der Waals surface area (Å²) in [5, 5.41) is 9.86. The molecular formula is C16H12ClN3. The van der Waals surface area contributed by atoms with Crippen molar-refractivity contribution in [1.29, 1.82) is 5.26 Å². The molecule has 1 aromatic carbocycles. The zero-order valence-corrected chi connectivity index (χ0v) is 11.6. The van der Waals surface area contributed by atoms with E-state index < -0.39 is 0 Å². The smallest absolute Gasteiger partial charge is 0.126 e. The number of halogens is 1. The van der Waals surface area contributed by atoms with Crippen LogP contribution in [0, 0.1) is 18.3 Å². The fourth-order valence-corrected chi connectivity index (χ4v) is 2.49. The lowest BCUT2D eigenvalue weighted by Gasteiger charge is -2.05. The molecule has 3 nitrogen and oxygen atoms in total. The molecule has 0 saturated carbocycles. The summed E-state index contributed by atoms with van der Waals surface area (Å²) in [6.45, 7) is 1.89. The summed E-state index contributed by atoms with van der Waals surface area (Å²) in [6, 6.07) is 13.8. The zero-order valence-electron chi connectivity index (χ0n) is 10.9. The molecule has 2 aromatic heterocycles. The number of fused-ring (bicyclic) bond motifs is 1. The molecule has 0 unspecified atom stereocenters. The number of nitriles is 1. The van der Waals surface area contributed by atoms with Crippen molar-refractivity contribution in [2.24, 2.45) is 0 Å². The Hall–Kier alpha value is -2.44. The van der Waals surface area contributed by atoms with Crippen LogP contribution in [0.25, 0.3) is 16.6 Å². The number of rotatable bonds is 1. The Labute approximate surface area is 121 Å². The molecule has 0 radical (unpaired) electrons. The molecule has 3 aromatic rings. The quantitative estimate of drug-likeness (QED) is 0.732. The van der Waals surface area contributed by atoms with Crippen molar-refractivity contribution in [2.45, 2.75) is 6.92 Å². The van der Waals surface area contributed by atoms with Gasteiger partial charge in [0.2, 0.25) is 0 Å². The second-order valence-corrected chi connectivity index (χ2v) is 5.17. The topological polar surface area (TPSA) is 54.2 Å². The van der Waals surface area contributed by atoms with Crippen LogP contribution in [0.1, 0.15) is 11.1 Å². The predicted octanol–water partition coefficient (Wildman–Crippen LogP) is 4.02. The van der Waals surface area contributed by atoms with E-state index in [9.17, 15) is 0 Å². The number of nitrogen functional groups attached to an aromatic ring is 1. The van der Waals surface area contributed by atoms with Gasteiger partial charge in [-0.2, -0.15) is 5.26 Å². The van der Waals surface area contributed by atoms with Gasteiger partial charge in [-0.1, -0.05) is 23.7 Å². The van der Waals surface area contributed by atoms with E-state index in [0.717, 1.165) is 22.2 Å². The lowest BCUT2D eigenvalue weighted by Crippen LogP contribution is -2.01. The van der Waals surface area contributed by atoms with Crippen molar-refractivity contribution in [2.75, 3.05) is 5.73 Å². The molecule has 4 heteroatoms. The molecule has 0 aliphatic heterocycles. The standard InChI is InChI=1S/C16H12ClN3/c1-10-6-14-7-12(11-2-4-13(17)5-3-11)9-20(14)16(19)15(10)8-18/h2-7,9H,19H2,1H3. The van der Waals surface area contributed by atoms with Crippen LogP contribution >= 0.6 is 11.6 Å². The summed E-state index contributed by atoms with van der Waals surface area (Å²) in [6.07, 6.45) is 1.94. The molecule has 2 N–H and O–H groups in total. The maximum absolute atomic E-state index is 9.16. The largest absolute Gasteiger partial charge is 0.384 e. The van der Waals surface area contributed by atoms with Crippen molar-refractivity contribution in [3.63, 3.8) is 0 Å². The normalized spacial score (nSPS) is 10.7. The molecule has 0 spiro atoms. The molecular weight excluding hydrogens is 270 g/mol. The highest BCUT2D eigenvalue weighted by Gasteiger charge is 2.10. The number of pyridine rings is 1. The van der Waals surface area contributed by atoms with E-state index in [1.165, 1.54) is 0 Å². The number of aryl methyl sites for hydroxylation is 1. The fourth-order valence-electron chi connectivity index (χ4n) is 2.36. The Morgan fingerprint density at radius 2 is 1.85 bits per heavy atom. The lowest BCUT2D eigenvalue weighted by atomic mass is 10.1. The molecule has 0 aliphatic rings. The molecule has 0 atom stereocenters. The Morgan fingerprint density at radius 1 is 1.15 bits per heavy atom. The highest BCUT2D eigenvalue weighted by Crippen LogP contribution is 2.28. The Bertz CT molecular complexity index is 839. The van der Waals surface area contributed by atoms with E-state index >= 15 is 0 Å². The second-order valence-electron chi connectivity index (χ2n) is 4.73. The van der Waals surface area contributed by atoms with Gasteiger partial charge in [0.25, 0.3) is 0 Å². The Kier molecular flexibility index (Phi) is 2.89. The van der Waals surface area contributed by atoms with E-state index in [-0.39, 0.29) is 0 Å². The SMILES string of the molecule is Cc1cc2cc(-c3ccc(Cl)cc3)cn2c(N)c1C#N. The third-order valence-corrected chi connectivity index (χ3v) is 3.67. The molecule has 0 aliphatic carbocycles. The van der Waals surface area contributed by atoms with Gasteiger partial charge < -0.3 is 10.1 Å². The highest BCUT2D eigenvalue weighted by atomic mass is 35.5. The summed E-state index contributed by atoms with van der Waals surface area (Å²) in [7, 11) is 0. The van der Waals surface area contributed by atoms with Gasteiger partial charge in [0, 0.05) is 22.3 Å². The molecule has 0 fully saturated rings. The minimum absolute atomic E-state index is 0.475. The average Bonchev–Trinajstić information content (AvgIpc) is 2.84. The van der Waals surface area contributed by atoms with Crippen LogP contribution in [0.5, 0.6) is 0 Å². The van der Waals surface area contributed by atoms with Gasteiger partial charge in [0.05, 0.1) is 5.56 Å². The van der Waals surface area contributed by atoms with Gasteiger partial charge >= 0.3 is 0 Å². The number of hydrogen-bond donors (Lipinski definition) is 1. The molecule has 3 rings (SSSR count). The first-order valence-electron chi connectivity index (χ1n) is 6.17.